The molecule has 154 valence electrons. The zero-order valence-electron chi connectivity index (χ0n) is 15.2. The summed E-state index contributed by atoms with van der Waals surface area (Å²) in [4.78, 5) is 33.0. The van der Waals surface area contributed by atoms with Gasteiger partial charge in [0.25, 0.3) is 5.91 Å². The van der Waals surface area contributed by atoms with E-state index in [-0.39, 0.29) is 34.4 Å². The maximum atomic E-state index is 13.6. The van der Waals surface area contributed by atoms with Crippen molar-refractivity contribution in [3.05, 3.63) is 93.0 Å². The van der Waals surface area contributed by atoms with Crippen LogP contribution < -0.4 is 0 Å². The van der Waals surface area contributed by atoms with Crippen LogP contribution in [0.15, 0.2) is 48.9 Å². The topological polar surface area (TPSA) is 83.4 Å². The molecule has 3 rings (SSSR count). The van der Waals surface area contributed by atoms with Crippen molar-refractivity contribution in [1.82, 2.24) is 14.9 Å². The van der Waals surface area contributed by atoms with Crippen molar-refractivity contribution in [3.8, 4) is 0 Å². The largest absolute Gasteiger partial charge is 0.477 e. The van der Waals surface area contributed by atoms with Crippen LogP contribution in [-0.2, 0) is 13.1 Å². The molecule has 0 aliphatic heterocycles. The maximum absolute atomic E-state index is 13.6. The van der Waals surface area contributed by atoms with Crippen LogP contribution in [0, 0.1) is 11.6 Å². The lowest BCUT2D eigenvalue weighted by atomic mass is 10.1. The monoisotopic (exact) mass is 451 g/mol. The first kappa shape index (κ1) is 21.6. The molecule has 1 aromatic carbocycles. The van der Waals surface area contributed by atoms with Gasteiger partial charge < -0.3 is 10.0 Å². The Morgan fingerprint density at radius 1 is 1.00 bits per heavy atom. The van der Waals surface area contributed by atoms with E-state index in [0.717, 1.165) is 12.1 Å². The van der Waals surface area contributed by atoms with Crippen LogP contribution in [0.25, 0.3) is 0 Å². The second-order valence-corrected chi connectivity index (χ2v) is 7.06. The van der Waals surface area contributed by atoms with Crippen molar-refractivity contribution in [2.75, 3.05) is 0 Å². The number of carbonyl (C=O) groups excluding carboxylic acids is 1. The number of carbonyl (C=O) groups is 2. The van der Waals surface area contributed by atoms with Gasteiger partial charge in [0.05, 0.1) is 10.0 Å². The van der Waals surface area contributed by atoms with Crippen molar-refractivity contribution >= 4 is 35.1 Å². The number of carboxylic acids is 1. The maximum Gasteiger partial charge on any atom is 0.354 e. The van der Waals surface area contributed by atoms with Gasteiger partial charge >= 0.3 is 5.97 Å². The van der Waals surface area contributed by atoms with Gasteiger partial charge in [-0.05, 0) is 23.8 Å². The number of amides is 1. The summed E-state index contributed by atoms with van der Waals surface area (Å²) in [5.74, 6) is -3.66. The highest BCUT2D eigenvalue weighted by Gasteiger charge is 2.21. The van der Waals surface area contributed by atoms with Crippen LogP contribution in [0.3, 0.4) is 0 Å². The minimum Gasteiger partial charge on any atom is -0.477 e. The van der Waals surface area contributed by atoms with Crippen LogP contribution in [0.5, 0.6) is 0 Å². The summed E-state index contributed by atoms with van der Waals surface area (Å²) in [5.41, 5.74) is 0.556. The SMILES string of the molecule is O=C(O)c1ccc(CN(Cc2cncc(Cl)c2Cl)C(=O)c2cc(F)cc(F)c2)cn1. The van der Waals surface area contributed by atoms with E-state index in [0.29, 0.717) is 17.2 Å². The van der Waals surface area contributed by atoms with Crippen LogP contribution in [0.2, 0.25) is 10.0 Å². The number of rotatable bonds is 6. The fraction of sp³-hybridized carbons (Fsp3) is 0.100. The fourth-order valence-corrected chi connectivity index (χ4v) is 3.03. The number of aromatic carboxylic acids is 1. The lowest BCUT2D eigenvalue weighted by molar-refractivity contribution is 0.0687. The quantitative estimate of drug-likeness (QED) is 0.591. The van der Waals surface area contributed by atoms with E-state index in [9.17, 15) is 18.4 Å². The second kappa shape index (κ2) is 9.15. The summed E-state index contributed by atoms with van der Waals surface area (Å²) in [5, 5.41) is 9.34. The highest BCUT2D eigenvalue weighted by atomic mass is 35.5. The molecule has 0 aliphatic rings. The fourth-order valence-electron chi connectivity index (χ4n) is 2.70. The molecule has 0 bridgehead atoms. The highest BCUT2D eigenvalue weighted by molar-refractivity contribution is 6.42. The number of aromatic nitrogens is 2. The van der Waals surface area contributed by atoms with E-state index in [1.807, 2.05) is 0 Å². The number of hydrogen-bond acceptors (Lipinski definition) is 4. The summed E-state index contributed by atoms with van der Waals surface area (Å²) >= 11 is 12.2. The van der Waals surface area contributed by atoms with E-state index >= 15 is 0 Å². The molecule has 1 amide bonds. The molecule has 2 aromatic heterocycles. The number of halogens is 4. The van der Waals surface area contributed by atoms with Crippen molar-refractivity contribution in [2.24, 2.45) is 0 Å². The molecule has 0 spiro atoms. The van der Waals surface area contributed by atoms with Crippen LogP contribution in [0.1, 0.15) is 32.0 Å². The third-order valence-electron chi connectivity index (χ3n) is 4.09. The van der Waals surface area contributed by atoms with Gasteiger partial charge in [-0.1, -0.05) is 29.3 Å². The Labute approximate surface area is 179 Å². The first-order valence-electron chi connectivity index (χ1n) is 8.46. The summed E-state index contributed by atoms with van der Waals surface area (Å²) in [6.45, 7) is -0.100. The van der Waals surface area contributed by atoms with Gasteiger partial charge in [0.15, 0.2) is 0 Å². The number of pyridine rings is 2. The summed E-state index contributed by atoms with van der Waals surface area (Å²) < 4.78 is 27.2. The van der Waals surface area contributed by atoms with E-state index in [4.69, 9.17) is 28.3 Å². The van der Waals surface area contributed by atoms with Crippen LogP contribution in [0.4, 0.5) is 8.78 Å². The standard InChI is InChI=1S/C20H13Cl2F2N3O3/c21-16-8-25-7-13(18(16)22)10-27(9-11-1-2-17(20(29)30)26-6-11)19(28)12-3-14(23)5-15(24)4-12/h1-8H,9-10H2,(H,29,30). The minimum absolute atomic E-state index is 0.0350. The zero-order chi connectivity index (χ0) is 21.8. The summed E-state index contributed by atoms with van der Waals surface area (Å²) in [7, 11) is 0. The Kier molecular flexibility index (Phi) is 6.59. The Morgan fingerprint density at radius 2 is 1.70 bits per heavy atom. The van der Waals surface area contributed by atoms with E-state index in [2.05, 4.69) is 9.97 Å². The third-order valence-corrected chi connectivity index (χ3v) is 4.91. The molecular weight excluding hydrogens is 439 g/mol. The second-order valence-electron chi connectivity index (χ2n) is 6.27. The smallest absolute Gasteiger partial charge is 0.354 e. The predicted molar refractivity (Wildman–Crippen MR) is 105 cm³/mol. The number of nitrogens with zero attached hydrogens (tertiary/aromatic N) is 3. The van der Waals surface area contributed by atoms with Gasteiger partial charge in [0, 0.05) is 48.9 Å². The number of benzene rings is 1. The third kappa shape index (κ3) is 5.08. The lowest BCUT2D eigenvalue weighted by Gasteiger charge is -2.23. The van der Waals surface area contributed by atoms with E-state index in [1.54, 1.807) is 0 Å². The molecular formula is C20H13Cl2F2N3O3. The molecule has 0 radical (unpaired) electrons. The molecule has 0 saturated carbocycles. The normalized spacial score (nSPS) is 10.7. The average molecular weight is 452 g/mol. The van der Waals surface area contributed by atoms with Crippen molar-refractivity contribution in [2.45, 2.75) is 13.1 Å². The molecule has 1 N–H and O–H groups in total. The first-order valence-corrected chi connectivity index (χ1v) is 9.21. The first-order chi connectivity index (χ1) is 14.2. The Hall–Kier alpha value is -3.10. The highest BCUT2D eigenvalue weighted by Crippen LogP contribution is 2.26. The molecule has 0 unspecified atom stereocenters. The van der Waals surface area contributed by atoms with E-state index in [1.165, 1.54) is 35.6 Å². The predicted octanol–water partition coefficient (Wildman–Crippen LogP) is 4.60. The van der Waals surface area contributed by atoms with Gasteiger partial charge in [0.1, 0.15) is 17.3 Å². The molecule has 2 heterocycles. The lowest BCUT2D eigenvalue weighted by Crippen LogP contribution is -2.30. The van der Waals surface area contributed by atoms with Crippen molar-refractivity contribution in [3.63, 3.8) is 0 Å². The van der Waals surface area contributed by atoms with Crippen molar-refractivity contribution < 1.29 is 23.5 Å². The van der Waals surface area contributed by atoms with Gasteiger partial charge in [-0.25, -0.2) is 18.6 Å². The minimum atomic E-state index is -1.19. The number of hydrogen-bond donors (Lipinski definition) is 1. The Bertz CT molecular complexity index is 1090. The molecule has 0 atom stereocenters. The Morgan fingerprint density at radius 3 is 2.30 bits per heavy atom. The summed E-state index contributed by atoms with van der Waals surface area (Å²) in [6.07, 6.45) is 4.07. The van der Waals surface area contributed by atoms with Gasteiger partial charge in [-0.3, -0.25) is 9.78 Å². The van der Waals surface area contributed by atoms with Crippen LogP contribution in [-0.4, -0.2) is 31.9 Å². The van der Waals surface area contributed by atoms with Crippen molar-refractivity contribution in [1.29, 1.82) is 0 Å². The molecule has 3 aromatic rings. The number of carboxylic acid groups (broad SMARTS) is 1. The van der Waals surface area contributed by atoms with Gasteiger partial charge in [-0.15, -0.1) is 0 Å². The van der Waals surface area contributed by atoms with E-state index < -0.39 is 23.5 Å². The molecule has 0 saturated heterocycles. The Balaban J connectivity index is 1.95. The molecule has 30 heavy (non-hydrogen) atoms. The van der Waals surface area contributed by atoms with Gasteiger partial charge in [0.2, 0.25) is 0 Å². The zero-order valence-corrected chi connectivity index (χ0v) is 16.7. The molecule has 10 heteroatoms. The van der Waals surface area contributed by atoms with Gasteiger partial charge in [-0.2, -0.15) is 0 Å². The summed E-state index contributed by atoms with van der Waals surface area (Å²) in [6, 6.07) is 5.27. The van der Waals surface area contributed by atoms with Crippen LogP contribution >= 0.6 is 23.2 Å². The average Bonchev–Trinajstić information content (AvgIpc) is 2.70. The molecule has 6 nitrogen and oxygen atoms in total. The molecule has 0 aliphatic carbocycles. The molecule has 0 fully saturated rings.